The molecule has 0 unspecified atom stereocenters. The maximum absolute atomic E-state index is 12.3. The molecule has 1 aromatic rings. The first-order chi connectivity index (χ1) is 10.6. The number of hydrogen-bond donors (Lipinski definition) is 0. The average molecular weight is 304 g/mol. The van der Waals surface area contributed by atoms with Crippen LogP contribution in [0.5, 0.6) is 5.75 Å². The van der Waals surface area contributed by atoms with Crippen molar-refractivity contribution in [1.82, 2.24) is 9.80 Å². The molecule has 0 atom stereocenters. The van der Waals surface area contributed by atoms with Gasteiger partial charge < -0.3 is 14.5 Å². The van der Waals surface area contributed by atoms with Crippen molar-refractivity contribution in [2.24, 2.45) is 0 Å². The molecular weight excluding hydrogens is 280 g/mol. The fraction of sp³-hybridized carbons (Fsp3) is 0.529. The number of amides is 2. The van der Waals surface area contributed by atoms with Crippen molar-refractivity contribution in [3.05, 3.63) is 29.8 Å². The fourth-order valence-electron chi connectivity index (χ4n) is 2.68. The predicted octanol–water partition coefficient (Wildman–Crippen LogP) is 1.71. The third kappa shape index (κ3) is 4.23. The molecule has 1 aliphatic heterocycles. The Morgan fingerprint density at radius 2 is 1.73 bits per heavy atom. The van der Waals surface area contributed by atoms with Gasteiger partial charge in [-0.05, 0) is 25.0 Å². The lowest BCUT2D eigenvalue weighted by Crippen LogP contribution is -2.50. The van der Waals surface area contributed by atoms with Crippen molar-refractivity contribution in [3.63, 3.8) is 0 Å². The molecule has 1 heterocycles. The molecule has 22 heavy (non-hydrogen) atoms. The normalized spacial score (nSPS) is 14.8. The van der Waals surface area contributed by atoms with Crippen LogP contribution in [0.25, 0.3) is 0 Å². The van der Waals surface area contributed by atoms with E-state index in [0.29, 0.717) is 45.6 Å². The number of benzene rings is 1. The summed E-state index contributed by atoms with van der Waals surface area (Å²) in [5, 5.41) is 0. The lowest BCUT2D eigenvalue weighted by molar-refractivity contribution is -0.138. The molecular formula is C17H24N2O3. The van der Waals surface area contributed by atoms with E-state index in [0.717, 1.165) is 11.3 Å². The Balaban J connectivity index is 1.85. The number of ether oxygens (including phenoxy) is 1. The summed E-state index contributed by atoms with van der Waals surface area (Å²) < 4.78 is 5.59. The number of rotatable bonds is 5. The molecule has 5 heteroatoms. The van der Waals surface area contributed by atoms with Crippen molar-refractivity contribution in [2.45, 2.75) is 26.7 Å². The molecule has 2 amide bonds. The maximum atomic E-state index is 12.3. The molecule has 0 spiro atoms. The highest BCUT2D eigenvalue weighted by atomic mass is 16.5. The van der Waals surface area contributed by atoms with Gasteiger partial charge in [0.2, 0.25) is 11.8 Å². The van der Waals surface area contributed by atoms with Gasteiger partial charge in [0.05, 0.1) is 6.61 Å². The molecule has 1 aromatic carbocycles. The quantitative estimate of drug-likeness (QED) is 0.832. The Morgan fingerprint density at radius 1 is 1.09 bits per heavy atom. The topological polar surface area (TPSA) is 49.9 Å². The SMILES string of the molecule is CCOc1ccccc1CCC(=O)N1CCN(C(C)=O)CC1. The van der Waals surface area contributed by atoms with Crippen molar-refractivity contribution in [3.8, 4) is 5.75 Å². The molecule has 1 aliphatic rings. The first kappa shape index (κ1) is 16.3. The molecule has 0 aliphatic carbocycles. The van der Waals surface area contributed by atoms with Crippen LogP contribution in [-0.2, 0) is 16.0 Å². The van der Waals surface area contributed by atoms with E-state index in [1.165, 1.54) is 0 Å². The lowest BCUT2D eigenvalue weighted by atomic mass is 10.1. The summed E-state index contributed by atoms with van der Waals surface area (Å²) in [5.74, 6) is 1.09. The number of hydrogen-bond acceptors (Lipinski definition) is 3. The molecule has 0 aromatic heterocycles. The highest BCUT2D eigenvalue weighted by molar-refractivity contribution is 5.77. The second kappa shape index (κ2) is 7.82. The van der Waals surface area contributed by atoms with E-state index >= 15 is 0 Å². The number of piperazine rings is 1. The minimum atomic E-state index is 0.0812. The molecule has 0 N–H and O–H groups in total. The zero-order valence-corrected chi connectivity index (χ0v) is 13.4. The van der Waals surface area contributed by atoms with Gasteiger partial charge in [-0.15, -0.1) is 0 Å². The number of aryl methyl sites for hydroxylation is 1. The van der Waals surface area contributed by atoms with E-state index in [9.17, 15) is 9.59 Å². The third-order valence-corrected chi connectivity index (χ3v) is 3.96. The van der Waals surface area contributed by atoms with Gasteiger partial charge in [0.15, 0.2) is 0 Å². The number of para-hydroxylation sites is 1. The molecule has 0 radical (unpaired) electrons. The van der Waals surface area contributed by atoms with Gasteiger partial charge in [-0.25, -0.2) is 0 Å². The van der Waals surface area contributed by atoms with E-state index in [1.807, 2.05) is 36.1 Å². The summed E-state index contributed by atoms with van der Waals surface area (Å²) >= 11 is 0. The van der Waals surface area contributed by atoms with Crippen LogP contribution in [-0.4, -0.2) is 54.4 Å². The van der Waals surface area contributed by atoms with Crippen LogP contribution in [0.15, 0.2) is 24.3 Å². The first-order valence-corrected chi connectivity index (χ1v) is 7.85. The second-order valence-corrected chi connectivity index (χ2v) is 5.43. The zero-order chi connectivity index (χ0) is 15.9. The van der Waals surface area contributed by atoms with Gasteiger partial charge in [-0.2, -0.15) is 0 Å². The molecule has 2 rings (SSSR count). The maximum Gasteiger partial charge on any atom is 0.223 e. The van der Waals surface area contributed by atoms with E-state index in [4.69, 9.17) is 4.74 Å². The molecule has 1 fully saturated rings. The summed E-state index contributed by atoms with van der Waals surface area (Å²) in [6.07, 6.45) is 1.16. The Bertz CT molecular complexity index is 522. The van der Waals surface area contributed by atoms with Gasteiger partial charge >= 0.3 is 0 Å². The predicted molar refractivity (Wildman–Crippen MR) is 84.8 cm³/mol. The second-order valence-electron chi connectivity index (χ2n) is 5.43. The summed E-state index contributed by atoms with van der Waals surface area (Å²) in [6, 6.07) is 7.85. The summed E-state index contributed by atoms with van der Waals surface area (Å²) in [5.41, 5.74) is 1.07. The van der Waals surface area contributed by atoms with Crippen molar-refractivity contribution in [1.29, 1.82) is 0 Å². The highest BCUT2D eigenvalue weighted by Crippen LogP contribution is 2.20. The van der Waals surface area contributed by atoms with E-state index in [2.05, 4.69) is 0 Å². The Kier molecular flexibility index (Phi) is 5.81. The van der Waals surface area contributed by atoms with E-state index < -0.39 is 0 Å². The van der Waals surface area contributed by atoms with Crippen molar-refractivity contribution in [2.75, 3.05) is 32.8 Å². The van der Waals surface area contributed by atoms with Crippen LogP contribution in [0.2, 0.25) is 0 Å². The molecule has 5 nitrogen and oxygen atoms in total. The number of carbonyl (C=O) groups is 2. The summed E-state index contributed by atoms with van der Waals surface area (Å²) in [7, 11) is 0. The van der Waals surface area contributed by atoms with Crippen LogP contribution in [0.3, 0.4) is 0 Å². The first-order valence-electron chi connectivity index (χ1n) is 7.85. The largest absolute Gasteiger partial charge is 0.494 e. The Hall–Kier alpha value is -2.04. The van der Waals surface area contributed by atoms with E-state index in [-0.39, 0.29) is 11.8 Å². The summed E-state index contributed by atoms with van der Waals surface area (Å²) in [6.45, 7) is 6.68. The Morgan fingerprint density at radius 3 is 2.36 bits per heavy atom. The van der Waals surface area contributed by atoms with Crippen molar-refractivity contribution < 1.29 is 14.3 Å². The standard InChI is InChI=1S/C17H24N2O3/c1-3-22-16-7-5-4-6-15(16)8-9-17(21)19-12-10-18(11-13-19)14(2)20/h4-7H,3,8-13H2,1-2H3. The van der Waals surface area contributed by atoms with Gasteiger partial charge in [-0.1, -0.05) is 18.2 Å². The van der Waals surface area contributed by atoms with Gasteiger partial charge in [0.25, 0.3) is 0 Å². The van der Waals surface area contributed by atoms with Crippen LogP contribution in [0.1, 0.15) is 25.8 Å². The molecule has 120 valence electrons. The fourth-order valence-corrected chi connectivity index (χ4v) is 2.68. The Labute approximate surface area is 131 Å². The van der Waals surface area contributed by atoms with Crippen molar-refractivity contribution >= 4 is 11.8 Å². The zero-order valence-electron chi connectivity index (χ0n) is 13.4. The van der Waals surface area contributed by atoms with Crippen LogP contribution in [0, 0.1) is 0 Å². The monoisotopic (exact) mass is 304 g/mol. The minimum Gasteiger partial charge on any atom is -0.494 e. The van der Waals surface area contributed by atoms with Gasteiger partial charge in [-0.3, -0.25) is 9.59 Å². The number of carbonyl (C=O) groups excluding carboxylic acids is 2. The smallest absolute Gasteiger partial charge is 0.223 e. The van der Waals surface area contributed by atoms with Gasteiger partial charge in [0.1, 0.15) is 5.75 Å². The molecule has 0 bridgehead atoms. The molecule has 0 saturated carbocycles. The molecule has 1 saturated heterocycles. The summed E-state index contributed by atoms with van der Waals surface area (Å²) in [4.78, 5) is 27.2. The van der Waals surface area contributed by atoms with Gasteiger partial charge in [0, 0.05) is 39.5 Å². The minimum absolute atomic E-state index is 0.0812. The number of nitrogens with zero attached hydrogens (tertiary/aromatic N) is 2. The van der Waals surface area contributed by atoms with Crippen LogP contribution < -0.4 is 4.74 Å². The van der Waals surface area contributed by atoms with Crippen LogP contribution in [0.4, 0.5) is 0 Å². The third-order valence-electron chi connectivity index (χ3n) is 3.96. The lowest BCUT2D eigenvalue weighted by Gasteiger charge is -2.34. The van der Waals surface area contributed by atoms with E-state index in [1.54, 1.807) is 11.8 Å². The van der Waals surface area contributed by atoms with Crippen LogP contribution >= 0.6 is 0 Å². The average Bonchev–Trinajstić information content (AvgIpc) is 2.54. The highest BCUT2D eigenvalue weighted by Gasteiger charge is 2.22.